The third-order valence-corrected chi connectivity index (χ3v) is 5.99. The molecule has 0 spiro atoms. The Morgan fingerprint density at radius 3 is 2.18 bits per heavy atom. The molecule has 28 heavy (non-hydrogen) atoms. The highest BCUT2D eigenvalue weighted by Gasteiger charge is 2.16. The number of hydrogen-bond acceptors (Lipinski definition) is 3. The molecule has 0 unspecified atom stereocenters. The van der Waals surface area contributed by atoms with Gasteiger partial charge in [0.1, 0.15) is 0 Å². The molecule has 154 valence electrons. The molecule has 0 atom stereocenters. The minimum Gasteiger partial charge on any atom is -0.356 e. The Labute approximate surface area is 185 Å². The molecule has 2 aromatic rings. The van der Waals surface area contributed by atoms with Gasteiger partial charge in [-0.3, -0.25) is 4.99 Å². The zero-order chi connectivity index (χ0) is 19.7. The highest BCUT2D eigenvalue weighted by molar-refractivity contribution is 14.0. The van der Waals surface area contributed by atoms with E-state index in [0.717, 1.165) is 30.9 Å². The zero-order valence-corrected chi connectivity index (χ0v) is 19.7. The van der Waals surface area contributed by atoms with Gasteiger partial charge in [0.25, 0.3) is 0 Å². The fraction of sp³-hybridized carbons (Fsp3) is 0.350. The molecule has 2 aromatic carbocycles. The van der Waals surface area contributed by atoms with E-state index in [4.69, 9.17) is 0 Å². The summed E-state index contributed by atoms with van der Waals surface area (Å²) in [5, 5.41) is 6.54. The quantitative estimate of drug-likeness (QED) is 0.245. The van der Waals surface area contributed by atoms with E-state index in [9.17, 15) is 8.42 Å². The third kappa shape index (κ3) is 7.40. The SMILES string of the molecule is CN=C(NCCCc1ccccc1)NCc1ccc(S(=O)(=O)N(C)C)cc1.I. The molecule has 6 nitrogen and oxygen atoms in total. The van der Waals surface area contributed by atoms with E-state index in [1.807, 2.05) is 18.2 Å². The molecule has 0 radical (unpaired) electrons. The van der Waals surface area contributed by atoms with Crippen LogP contribution in [0.4, 0.5) is 0 Å². The van der Waals surface area contributed by atoms with Crippen molar-refractivity contribution in [2.45, 2.75) is 24.3 Å². The Kier molecular flexibility index (Phi) is 10.5. The summed E-state index contributed by atoms with van der Waals surface area (Å²) in [6.07, 6.45) is 2.04. The van der Waals surface area contributed by atoms with E-state index in [0.29, 0.717) is 11.4 Å². The molecule has 2 N–H and O–H groups in total. The Morgan fingerprint density at radius 2 is 1.61 bits per heavy atom. The van der Waals surface area contributed by atoms with Crippen LogP contribution in [0.2, 0.25) is 0 Å². The molecule has 0 aliphatic rings. The smallest absolute Gasteiger partial charge is 0.242 e. The molecule has 0 amide bonds. The maximum Gasteiger partial charge on any atom is 0.242 e. The van der Waals surface area contributed by atoms with Crippen molar-refractivity contribution in [2.75, 3.05) is 27.7 Å². The molecule has 0 fully saturated rings. The summed E-state index contributed by atoms with van der Waals surface area (Å²) in [6, 6.07) is 17.3. The van der Waals surface area contributed by atoms with Gasteiger partial charge in [-0.05, 0) is 36.1 Å². The van der Waals surface area contributed by atoms with Gasteiger partial charge in [-0.1, -0.05) is 42.5 Å². The van der Waals surface area contributed by atoms with Crippen molar-refractivity contribution >= 4 is 40.0 Å². The number of nitrogens with zero attached hydrogens (tertiary/aromatic N) is 2. The van der Waals surface area contributed by atoms with Gasteiger partial charge in [0.05, 0.1) is 4.90 Å². The first-order valence-corrected chi connectivity index (χ1v) is 10.4. The van der Waals surface area contributed by atoms with Gasteiger partial charge in [-0.25, -0.2) is 12.7 Å². The summed E-state index contributed by atoms with van der Waals surface area (Å²) in [5.41, 5.74) is 2.31. The van der Waals surface area contributed by atoms with E-state index in [1.54, 1.807) is 19.2 Å². The molecule has 2 rings (SSSR count). The van der Waals surface area contributed by atoms with Crippen molar-refractivity contribution in [3.8, 4) is 0 Å². The summed E-state index contributed by atoms with van der Waals surface area (Å²) >= 11 is 0. The van der Waals surface area contributed by atoms with Crippen LogP contribution < -0.4 is 10.6 Å². The lowest BCUT2D eigenvalue weighted by atomic mass is 10.1. The molecule has 0 heterocycles. The predicted molar refractivity (Wildman–Crippen MR) is 126 cm³/mol. The van der Waals surface area contributed by atoms with Crippen LogP contribution in [0.3, 0.4) is 0 Å². The number of aliphatic imine (C=N–C) groups is 1. The van der Waals surface area contributed by atoms with Crippen molar-refractivity contribution < 1.29 is 8.42 Å². The fourth-order valence-corrected chi connectivity index (χ4v) is 3.44. The van der Waals surface area contributed by atoms with Gasteiger partial charge < -0.3 is 10.6 Å². The first-order valence-electron chi connectivity index (χ1n) is 8.93. The summed E-state index contributed by atoms with van der Waals surface area (Å²) in [6.45, 7) is 1.40. The molecule has 0 aromatic heterocycles. The number of benzene rings is 2. The highest BCUT2D eigenvalue weighted by atomic mass is 127. The van der Waals surface area contributed by atoms with Gasteiger partial charge in [-0.15, -0.1) is 24.0 Å². The van der Waals surface area contributed by atoms with E-state index in [-0.39, 0.29) is 24.0 Å². The molecular formula is C20H29IN4O2S. The number of nitrogens with one attached hydrogen (secondary N) is 2. The first-order chi connectivity index (χ1) is 12.9. The lowest BCUT2D eigenvalue weighted by Crippen LogP contribution is -2.37. The fourth-order valence-electron chi connectivity index (χ4n) is 2.54. The number of aryl methyl sites for hydroxylation is 1. The Bertz CT molecular complexity index is 838. The van der Waals surface area contributed by atoms with Gasteiger partial charge in [0.2, 0.25) is 10.0 Å². The van der Waals surface area contributed by atoms with Crippen LogP contribution in [0.1, 0.15) is 17.5 Å². The number of rotatable bonds is 8. The largest absolute Gasteiger partial charge is 0.356 e. The standard InChI is InChI=1S/C20H28N4O2S.HI/c1-21-20(22-15-7-10-17-8-5-4-6-9-17)23-16-18-11-13-19(14-12-18)27(25,26)24(2)3;/h4-6,8-9,11-14H,7,10,15-16H2,1-3H3,(H2,21,22,23);1H. The second-order valence-electron chi connectivity index (χ2n) is 6.37. The molecule has 0 bridgehead atoms. The minimum atomic E-state index is -3.39. The highest BCUT2D eigenvalue weighted by Crippen LogP contribution is 2.13. The van der Waals surface area contributed by atoms with Crippen molar-refractivity contribution in [1.82, 2.24) is 14.9 Å². The maximum atomic E-state index is 12.1. The average molecular weight is 516 g/mol. The van der Waals surface area contributed by atoms with Crippen LogP contribution in [0.25, 0.3) is 0 Å². The van der Waals surface area contributed by atoms with Gasteiger partial charge in [0, 0.05) is 34.2 Å². The first kappa shape index (κ1) is 24.4. The number of halogens is 1. The van der Waals surface area contributed by atoms with Gasteiger partial charge in [-0.2, -0.15) is 0 Å². The van der Waals surface area contributed by atoms with E-state index in [2.05, 4.69) is 39.9 Å². The molecule has 0 aliphatic heterocycles. The number of sulfonamides is 1. The van der Waals surface area contributed by atoms with Crippen LogP contribution >= 0.6 is 24.0 Å². The zero-order valence-electron chi connectivity index (χ0n) is 16.6. The second-order valence-corrected chi connectivity index (χ2v) is 8.52. The van der Waals surface area contributed by atoms with Crippen LogP contribution in [0.5, 0.6) is 0 Å². The summed E-state index contributed by atoms with van der Waals surface area (Å²) < 4.78 is 25.4. The summed E-state index contributed by atoms with van der Waals surface area (Å²) in [5.74, 6) is 0.730. The van der Waals surface area contributed by atoms with E-state index >= 15 is 0 Å². The van der Waals surface area contributed by atoms with Crippen molar-refractivity contribution in [1.29, 1.82) is 0 Å². The maximum absolute atomic E-state index is 12.1. The minimum absolute atomic E-state index is 0. The van der Waals surface area contributed by atoms with Crippen LogP contribution in [-0.2, 0) is 23.0 Å². The second kappa shape index (κ2) is 12.0. The lowest BCUT2D eigenvalue weighted by molar-refractivity contribution is 0.520. The summed E-state index contributed by atoms with van der Waals surface area (Å²) in [7, 11) is 1.40. The predicted octanol–water partition coefficient (Wildman–Crippen LogP) is 2.85. The Hall–Kier alpha value is -1.65. The van der Waals surface area contributed by atoms with Crippen LogP contribution in [0.15, 0.2) is 64.5 Å². The van der Waals surface area contributed by atoms with Crippen molar-refractivity contribution in [2.24, 2.45) is 4.99 Å². The molecule has 0 saturated carbocycles. The number of guanidine groups is 1. The monoisotopic (exact) mass is 516 g/mol. The normalized spacial score (nSPS) is 11.8. The molecular weight excluding hydrogens is 487 g/mol. The lowest BCUT2D eigenvalue weighted by Gasteiger charge is -2.13. The van der Waals surface area contributed by atoms with Crippen LogP contribution in [0, 0.1) is 0 Å². The Balaban J connectivity index is 0.00000392. The molecule has 8 heteroatoms. The van der Waals surface area contributed by atoms with Gasteiger partial charge in [0.15, 0.2) is 5.96 Å². The Morgan fingerprint density at radius 1 is 0.964 bits per heavy atom. The van der Waals surface area contributed by atoms with E-state index < -0.39 is 10.0 Å². The van der Waals surface area contributed by atoms with Crippen LogP contribution in [-0.4, -0.2) is 46.4 Å². The van der Waals surface area contributed by atoms with Gasteiger partial charge >= 0.3 is 0 Å². The molecule has 0 aliphatic carbocycles. The van der Waals surface area contributed by atoms with E-state index in [1.165, 1.54) is 24.0 Å². The van der Waals surface area contributed by atoms with Crippen molar-refractivity contribution in [3.05, 3.63) is 65.7 Å². The topological polar surface area (TPSA) is 73.8 Å². The summed E-state index contributed by atoms with van der Waals surface area (Å²) in [4.78, 5) is 4.51. The average Bonchev–Trinajstić information content (AvgIpc) is 2.68. The number of hydrogen-bond donors (Lipinski definition) is 2. The van der Waals surface area contributed by atoms with Crippen molar-refractivity contribution in [3.63, 3.8) is 0 Å². The molecule has 0 saturated heterocycles. The third-order valence-electron chi connectivity index (χ3n) is 4.16.